The van der Waals surface area contributed by atoms with Gasteiger partial charge in [-0.15, -0.1) is 0 Å². The van der Waals surface area contributed by atoms with Crippen LogP contribution < -0.4 is 36.9 Å². The van der Waals surface area contributed by atoms with E-state index in [-0.39, 0.29) is 80.6 Å². The molecule has 2 fully saturated rings. The summed E-state index contributed by atoms with van der Waals surface area (Å²) in [7, 11) is 0.808. The number of aryl methyl sites for hydroxylation is 1. The highest BCUT2D eigenvalue weighted by Crippen LogP contribution is 2.48. The number of imidazole rings is 1. The summed E-state index contributed by atoms with van der Waals surface area (Å²) < 4.78 is 53.1. The second kappa shape index (κ2) is 24.7. The van der Waals surface area contributed by atoms with Gasteiger partial charge >= 0.3 is 14.3 Å². The molecular formula is C52H54N9O14PS. The molecule has 4 unspecified atom stereocenters. The zero-order valence-corrected chi connectivity index (χ0v) is 43.6. The Balaban J connectivity index is 1.02. The van der Waals surface area contributed by atoms with Gasteiger partial charge in [0.1, 0.15) is 41.8 Å². The number of amides is 2. The first-order valence-corrected chi connectivity index (χ1v) is 26.4. The molecule has 0 radical (unpaired) electrons. The van der Waals surface area contributed by atoms with Gasteiger partial charge in [-0.3, -0.25) is 43.6 Å². The molecule has 4 aromatic heterocycles. The van der Waals surface area contributed by atoms with E-state index in [4.69, 9.17) is 37.3 Å². The number of methoxy groups -OCH3 is 2. The minimum Gasteiger partial charge on any atom is -0.497 e. The lowest BCUT2D eigenvalue weighted by molar-refractivity contribution is -0.116. The number of anilines is 1. The van der Waals surface area contributed by atoms with Crippen molar-refractivity contribution < 1.29 is 52.0 Å². The molecule has 7 atom stereocenters. The molecule has 0 saturated carbocycles. The van der Waals surface area contributed by atoms with Gasteiger partial charge in [-0.25, -0.2) is 9.78 Å². The van der Waals surface area contributed by atoms with Crippen molar-refractivity contribution in [1.82, 2.24) is 34.4 Å². The number of nitrogens with zero attached hydrogens (tertiary/aromatic N) is 5. The molecule has 2 aliphatic rings. The molecule has 9 rings (SSSR count). The fourth-order valence-electron chi connectivity index (χ4n) is 8.93. The predicted octanol–water partition coefficient (Wildman–Crippen LogP) is 5.32. The van der Waals surface area contributed by atoms with E-state index >= 15 is 0 Å². The molecule has 402 valence electrons. The normalized spacial score (nSPS) is 19.7. The maximum absolute atomic E-state index is 13.5. The summed E-state index contributed by atoms with van der Waals surface area (Å²) in [6, 6.07) is 28.3. The van der Waals surface area contributed by atoms with E-state index in [0.717, 1.165) is 16.7 Å². The second-order valence-electron chi connectivity index (χ2n) is 17.8. The van der Waals surface area contributed by atoms with E-state index in [2.05, 4.69) is 36.6 Å². The fourth-order valence-corrected chi connectivity index (χ4v) is 10.7. The molecule has 6 heterocycles. The maximum Gasteiger partial charge on any atom is 0.333 e. The number of carbonyl (C=O) groups excluding carboxylic acids is 2. The number of aromatic amines is 2. The van der Waals surface area contributed by atoms with Gasteiger partial charge in [-0.2, -0.15) is 21.6 Å². The number of nitrogens with one attached hydrogen (secondary N) is 4. The van der Waals surface area contributed by atoms with Crippen LogP contribution in [0.25, 0.3) is 11.2 Å². The Morgan fingerprint density at radius 2 is 1.57 bits per heavy atom. The average Bonchev–Trinajstić information content (AvgIpc) is 4.30. The molecule has 2 aliphatic heterocycles. The van der Waals surface area contributed by atoms with Crippen LogP contribution in [0.4, 0.5) is 5.95 Å². The number of aliphatic hydroxyl groups is 1. The number of H-pyrrole nitrogens is 2. The lowest BCUT2D eigenvalue weighted by atomic mass is 9.80. The zero-order valence-electron chi connectivity index (χ0n) is 41.9. The molecule has 3 aromatic carbocycles. The van der Waals surface area contributed by atoms with Crippen molar-refractivity contribution in [2.75, 3.05) is 45.9 Å². The summed E-state index contributed by atoms with van der Waals surface area (Å²) >= 11 is 1.37. The SMILES string of the molecule is COc1ccc(C(OC[C@H]2OC(n3cnc4c(=O)[nH]c(NC(=O)CCNC(=O)c5ccsc5)nc43)CC2OP(OCCC#N)OC[C@H]2O[C@@H](n3cc(C)c(=O)[nH]c3=O)CC2O)(c2ccccc2)c2ccc(OC)cc2)cc1. The first kappa shape index (κ1) is 54.4. The third-order valence-corrected chi connectivity index (χ3v) is 14.8. The fraction of sp³-hybridized carbons (Fsp3) is 0.346. The second-order valence-corrected chi connectivity index (χ2v) is 19.8. The van der Waals surface area contributed by atoms with Gasteiger partial charge in [0.25, 0.3) is 17.0 Å². The third kappa shape index (κ3) is 12.4. The zero-order chi connectivity index (χ0) is 54.1. The smallest absolute Gasteiger partial charge is 0.333 e. The van der Waals surface area contributed by atoms with Gasteiger partial charge < -0.3 is 47.7 Å². The highest BCUT2D eigenvalue weighted by atomic mass is 32.1. The lowest BCUT2D eigenvalue weighted by Gasteiger charge is -2.37. The van der Waals surface area contributed by atoms with Gasteiger partial charge in [0.05, 0.1) is 65.1 Å². The number of hydrogen-bond donors (Lipinski definition) is 5. The molecule has 2 amide bonds. The third-order valence-electron chi connectivity index (χ3n) is 12.9. The van der Waals surface area contributed by atoms with Gasteiger partial charge in [0, 0.05) is 48.5 Å². The average molecular weight is 1090 g/mol. The van der Waals surface area contributed by atoms with Crippen LogP contribution in [0.2, 0.25) is 0 Å². The quantitative estimate of drug-likeness (QED) is 0.0308. The number of fused-ring (bicyclic) bond motifs is 1. The summed E-state index contributed by atoms with van der Waals surface area (Å²) in [5, 5.41) is 29.4. The molecule has 77 heavy (non-hydrogen) atoms. The Labute approximate surface area is 444 Å². The van der Waals surface area contributed by atoms with E-state index in [1.54, 1.807) is 38.0 Å². The molecule has 7 aromatic rings. The van der Waals surface area contributed by atoms with Crippen molar-refractivity contribution >= 4 is 48.9 Å². The van der Waals surface area contributed by atoms with Gasteiger partial charge in [0.2, 0.25) is 11.9 Å². The standard InChI is InChI=1S/C52H54N9O14PS/c1-31-26-60(51(67)59-47(31)64)43-24-38(62)40(73-43)28-72-76(71-22-7-20-53)75-39-25-44(61-30-55-45-46(61)57-50(58-49(45)66)56-42(63)18-21-54-48(65)32-19-23-77-29-32)74-41(39)27-70-52(33-8-5-4-6-9-33,34-10-14-36(68-2)15-11-34)35-12-16-37(69-3)17-13-35/h4-6,8-17,19,23,26,29-30,38-41,43-44,62H,7,18,21-22,24-25,27-28H2,1-3H3,(H,54,65)(H,59,64,67)(H2,56,57,58,63,66)/t38?,39?,40-,41-,43-,44?,76?/m1/s1. The molecule has 23 nitrogen and oxygen atoms in total. The first-order valence-electron chi connectivity index (χ1n) is 24.3. The van der Waals surface area contributed by atoms with Crippen LogP contribution in [0, 0.1) is 18.3 Å². The van der Waals surface area contributed by atoms with E-state index < -0.39 is 73.8 Å². The van der Waals surface area contributed by atoms with E-state index in [1.165, 1.54) is 33.0 Å². The molecular weight excluding hydrogens is 1040 g/mol. The number of rotatable bonds is 23. The monoisotopic (exact) mass is 1090 g/mol. The molecule has 0 aliphatic carbocycles. The van der Waals surface area contributed by atoms with Crippen molar-refractivity contribution in [3.63, 3.8) is 0 Å². The van der Waals surface area contributed by atoms with Crippen LogP contribution in [-0.4, -0.2) is 111 Å². The Morgan fingerprint density at radius 1 is 0.883 bits per heavy atom. The summed E-state index contributed by atoms with van der Waals surface area (Å²) in [6.07, 6.45) is -3.12. The number of thiophene rings is 1. The van der Waals surface area contributed by atoms with Gasteiger partial charge in [-0.1, -0.05) is 54.6 Å². The highest BCUT2D eigenvalue weighted by Gasteiger charge is 2.45. The molecule has 5 N–H and O–H groups in total. The number of aliphatic hydroxyl groups excluding tert-OH is 1. The van der Waals surface area contributed by atoms with Crippen molar-refractivity contribution in [2.45, 2.75) is 75.1 Å². The number of hydrogen-bond acceptors (Lipinski definition) is 18. The molecule has 0 spiro atoms. The van der Waals surface area contributed by atoms with E-state index in [1.807, 2.05) is 78.9 Å². The van der Waals surface area contributed by atoms with Crippen molar-refractivity contribution in [1.29, 1.82) is 5.26 Å². The number of ether oxygens (including phenoxy) is 5. The number of aromatic nitrogens is 6. The topological polar surface area (TPSA) is 294 Å². The molecule has 0 bridgehead atoms. The lowest BCUT2D eigenvalue weighted by Crippen LogP contribution is -2.38. The minimum absolute atomic E-state index is 0.00585. The van der Waals surface area contributed by atoms with Gasteiger partial charge in [-0.05, 0) is 59.3 Å². The Kier molecular flexibility index (Phi) is 17.4. The van der Waals surface area contributed by atoms with Gasteiger partial charge in [0.15, 0.2) is 11.2 Å². The van der Waals surface area contributed by atoms with Crippen molar-refractivity contribution in [3.05, 3.63) is 167 Å². The van der Waals surface area contributed by atoms with E-state index in [0.29, 0.717) is 17.1 Å². The largest absolute Gasteiger partial charge is 0.497 e. The number of carbonyl (C=O) groups is 2. The Hall–Kier alpha value is -7.43. The van der Waals surface area contributed by atoms with Crippen LogP contribution in [0.1, 0.15) is 70.8 Å². The molecule has 25 heteroatoms. The van der Waals surface area contributed by atoms with Crippen molar-refractivity contribution in [2.24, 2.45) is 0 Å². The number of benzene rings is 3. The van der Waals surface area contributed by atoms with E-state index in [9.17, 15) is 34.3 Å². The summed E-state index contributed by atoms with van der Waals surface area (Å²) in [4.78, 5) is 77.6. The Bertz CT molecular complexity index is 3320. The van der Waals surface area contributed by atoms with Crippen LogP contribution in [0.15, 0.2) is 123 Å². The van der Waals surface area contributed by atoms with Crippen LogP contribution in [0.5, 0.6) is 11.5 Å². The summed E-state index contributed by atoms with van der Waals surface area (Å²) in [5.41, 5.74) is -0.177. The van der Waals surface area contributed by atoms with Crippen LogP contribution in [-0.2, 0) is 38.2 Å². The minimum atomic E-state index is -2.35. The maximum atomic E-state index is 13.5. The first-order chi connectivity index (χ1) is 37.4. The molecule has 2 saturated heterocycles. The summed E-state index contributed by atoms with van der Waals surface area (Å²) in [5.74, 6) is 0.222. The highest BCUT2D eigenvalue weighted by molar-refractivity contribution is 7.41. The predicted molar refractivity (Wildman–Crippen MR) is 279 cm³/mol. The van der Waals surface area contributed by atoms with Crippen LogP contribution in [0.3, 0.4) is 0 Å². The number of nitriles is 1. The van der Waals surface area contributed by atoms with Crippen molar-refractivity contribution in [3.8, 4) is 17.6 Å². The Morgan fingerprint density at radius 3 is 2.25 bits per heavy atom. The van der Waals surface area contributed by atoms with Crippen LogP contribution >= 0.6 is 19.9 Å². The summed E-state index contributed by atoms with van der Waals surface area (Å²) in [6.45, 7) is 1.05.